The van der Waals surface area contributed by atoms with Crippen LogP contribution in [0, 0.1) is 6.92 Å². The molecule has 3 heterocycles. The van der Waals surface area contributed by atoms with Crippen LogP contribution in [0.1, 0.15) is 28.9 Å². The lowest BCUT2D eigenvalue weighted by atomic mass is 10.1. The number of nitrogens with two attached hydrogens (primary N) is 1. The first-order valence-electron chi connectivity index (χ1n) is 9.29. The minimum atomic E-state index is -0.829. The lowest BCUT2D eigenvalue weighted by molar-refractivity contribution is -0.00714. The summed E-state index contributed by atoms with van der Waals surface area (Å²) < 4.78 is 6.79. The molecule has 1 amide bonds. The Kier molecular flexibility index (Phi) is 7.64. The summed E-state index contributed by atoms with van der Waals surface area (Å²) in [6.45, 7) is 3.07. The third-order valence-corrected chi connectivity index (χ3v) is 5.52. The number of aliphatic hydroxyl groups is 1. The summed E-state index contributed by atoms with van der Waals surface area (Å²) in [5.41, 5.74) is 6.32. The molecule has 160 valence electrons. The lowest BCUT2D eigenvalue weighted by Gasteiger charge is -2.34. The number of carbonyl (C=O) groups excluding carboxylic acids is 1. The highest BCUT2D eigenvalue weighted by Crippen LogP contribution is 2.30. The molecule has 29 heavy (non-hydrogen) atoms. The number of aryl methyl sites for hydroxylation is 1. The van der Waals surface area contributed by atoms with Crippen LogP contribution in [0.15, 0.2) is 23.0 Å². The maximum absolute atomic E-state index is 13.1. The molecule has 3 N–H and O–H groups in total. The van der Waals surface area contributed by atoms with Crippen LogP contribution >= 0.6 is 24.8 Å². The van der Waals surface area contributed by atoms with Gasteiger partial charge in [0.15, 0.2) is 0 Å². The molecule has 2 bridgehead atoms. The van der Waals surface area contributed by atoms with Crippen molar-refractivity contribution < 1.29 is 14.6 Å². The Balaban J connectivity index is 0.00000150. The molecule has 0 radical (unpaired) electrons. The predicted molar refractivity (Wildman–Crippen MR) is 114 cm³/mol. The van der Waals surface area contributed by atoms with E-state index in [4.69, 9.17) is 10.5 Å². The summed E-state index contributed by atoms with van der Waals surface area (Å²) in [4.78, 5) is 27.7. The average Bonchev–Trinajstić information content (AvgIpc) is 2.93. The molecular weight excluding hydrogens is 419 g/mol. The first-order chi connectivity index (χ1) is 13.0. The molecule has 2 aliphatic heterocycles. The van der Waals surface area contributed by atoms with E-state index in [0.717, 1.165) is 12.8 Å². The van der Waals surface area contributed by atoms with Crippen LogP contribution < -0.4 is 11.3 Å². The van der Waals surface area contributed by atoms with Gasteiger partial charge >= 0.3 is 0 Å². The van der Waals surface area contributed by atoms with E-state index >= 15 is 0 Å². The predicted octanol–water partition coefficient (Wildman–Crippen LogP) is 0.872. The van der Waals surface area contributed by atoms with Gasteiger partial charge in [-0.05, 0) is 38.0 Å². The van der Waals surface area contributed by atoms with Crippen LogP contribution in [0.2, 0.25) is 0 Å². The Morgan fingerprint density at radius 2 is 1.93 bits per heavy atom. The number of ether oxygens (including phenoxy) is 1. The van der Waals surface area contributed by atoms with E-state index in [1.807, 2.05) is 4.90 Å². The number of fused-ring (bicyclic) bond motifs is 3. The Labute approximate surface area is 180 Å². The van der Waals surface area contributed by atoms with Gasteiger partial charge in [0, 0.05) is 17.5 Å². The van der Waals surface area contributed by atoms with Crippen molar-refractivity contribution in [1.29, 1.82) is 0 Å². The van der Waals surface area contributed by atoms with Gasteiger partial charge in [0.05, 0.1) is 49.0 Å². The summed E-state index contributed by atoms with van der Waals surface area (Å²) in [5.74, 6) is -0.0187. The van der Waals surface area contributed by atoms with Crippen LogP contribution in [0.5, 0.6) is 0 Å². The van der Waals surface area contributed by atoms with Crippen molar-refractivity contribution in [3.8, 4) is 0 Å². The topological polar surface area (TPSA) is 111 Å². The number of rotatable bonds is 4. The summed E-state index contributed by atoms with van der Waals surface area (Å²) in [6, 6.07) is 5.39. The number of amides is 1. The maximum Gasteiger partial charge on any atom is 0.274 e. The second kappa shape index (κ2) is 9.40. The molecule has 2 aliphatic rings. The highest BCUT2D eigenvalue weighted by Gasteiger charge is 2.40. The molecule has 4 rings (SSSR count). The van der Waals surface area contributed by atoms with Gasteiger partial charge in [0.25, 0.3) is 11.5 Å². The van der Waals surface area contributed by atoms with E-state index in [-0.39, 0.29) is 61.5 Å². The number of nitrogens with zero attached hydrogens (tertiary/aromatic N) is 3. The van der Waals surface area contributed by atoms with Crippen molar-refractivity contribution >= 4 is 41.5 Å². The van der Waals surface area contributed by atoms with E-state index < -0.39 is 6.10 Å². The van der Waals surface area contributed by atoms with Crippen LogP contribution in [-0.4, -0.2) is 63.6 Å². The Morgan fingerprint density at radius 3 is 2.55 bits per heavy atom. The molecule has 3 atom stereocenters. The number of benzene rings is 1. The zero-order chi connectivity index (χ0) is 19.1. The number of hydrogen-bond acceptors (Lipinski definition) is 6. The van der Waals surface area contributed by atoms with Crippen molar-refractivity contribution in [3.05, 3.63) is 39.8 Å². The van der Waals surface area contributed by atoms with Crippen molar-refractivity contribution in [2.24, 2.45) is 5.73 Å². The van der Waals surface area contributed by atoms with Crippen molar-refractivity contribution in [2.45, 2.75) is 44.5 Å². The molecule has 1 aromatic heterocycles. The fraction of sp³-hybridized carbons (Fsp3) is 0.526. The van der Waals surface area contributed by atoms with Crippen LogP contribution in [0.4, 0.5) is 0 Å². The van der Waals surface area contributed by atoms with E-state index in [1.54, 1.807) is 25.1 Å². The minimum Gasteiger partial charge on any atom is -0.390 e. The molecule has 2 fully saturated rings. The number of halogens is 2. The van der Waals surface area contributed by atoms with Gasteiger partial charge in [-0.1, -0.05) is 0 Å². The highest BCUT2D eigenvalue weighted by atomic mass is 35.5. The second-order valence-electron chi connectivity index (χ2n) is 7.36. The van der Waals surface area contributed by atoms with Crippen LogP contribution in [0.3, 0.4) is 0 Å². The highest BCUT2D eigenvalue weighted by molar-refractivity contribution is 5.99. The third-order valence-electron chi connectivity index (χ3n) is 5.52. The molecule has 0 aliphatic carbocycles. The Hall–Kier alpha value is -1.71. The molecule has 10 heteroatoms. The van der Waals surface area contributed by atoms with Gasteiger partial charge in [0.1, 0.15) is 0 Å². The van der Waals surface area contributed by atoms with Gasteiger partial charge in [-0.2, -0.15) is 5.10 Å². The zero-order valence-electron chi connectivity index (χ0n) is 16.1. The molecular formula is C19H26Cl2N4O4. The first-order valence-corrected chi connectivity index (χ1v) is 9.29. The number of carbonyl (C=O) groups is 1. The maximum atomic E-state index is 13.1. The van der Waals surface area contributed by atoms with Crippen molar-refractivity contribution in [3.63, 3.8) is 0 Å². The van der Waals surface area contributed by atoms with Crippen molar-refractivity contribution in [2.75, 3.05) is 19.8 Å². The van der Waals surface area contributed by atoms with Gasteiger partial charge in [-0.25, -0.2) is 4.68 Å². The first kappa shape index (κ1) is 23.6. The van der Waals surface area contributed by atoms with E-state index in [9.17, 15) is 14.7 Å². The van der Waals surface area contributed by atoms with E-state index in [0.29, 0.717) is 35.2 Å². The third kappa shape index (κ3) is 4.27. The summed E-state index contributed by atoms with van der Waals surface area (Å²) in [7, 11) is 0. The molecule has 1 aromatic carbocycles. The fourth-order valence-corrected chi connectivity index (χ4v) is 4.09. The van der Waals surface area contributed by atoms with Gasteiger partial charge in [-0.15, -0.1) is 24.8 Å². The van der Waals surface area contributed by atoms with Gasteiger partial charge in [0.2, 0.25) is 0 Å². The Morgan fingerprint density at radius 1 is 1.28 bits per heavy atom. The molecule has 0 spiro atoms. The zero-order valence-corrected chi connectivity index (χ0v) is 17.7. The van der Waals surface area contributed by atoms with E-state index in [1.165, 1.54) is 4.68 Å². The van der Waals surface area contributed by atoms with Crippen molar-refractivity contribution in [1.82, 2.24) is 14.7 Å². The molecule has 3 unspecified atom stereocenters. The number of aliphatic hydroxyl groups excluding tert-OH is 1. The standard InChI is InChI=1S/C19H24N4O4.2ClH/c1-11-17-6-12(18(25)23-13-3-4-14(23)10-27-9-13)2-5-16(17)19(26)22(21-11)8-15(24)7-20;;/h2,5-6,13-15,24H,3-4,7-10,20H2,1H3;2*1H. The number of aromatic nitrogens is 2. The quantitative estimate of drug-likeness (QED) is 0.723. The fourth-order valence-electron chi connectivity index (χ4n) is 4.09. The minimum absolute atomic E-state index is 0. The largest absolute Gasteiger partial charge is 0.390 e. The summed E-state index contributed by atoms with van der Waals surface area (Å²) >= 11 is 0. The van der Waals surface area contributed by atoms with Gasteiger partial charge < -0.3 is 20.5 Å². The number of hydrogen-bond donors (Lipinski definition) is 2. The lowest BCUT2D eigenvalue weighted by Crippen LogP contribution is -2.49. The molecule has 2 saturated heterocycles. The van der Waals surface area contributed by atoms with Crippen LogP contribution in [0.25, 0.3) is 10.8 Å². The smallest absolute Gasteiger partial charge is 0.274 e. The van der Waals surface area contributed by atoms with Gasteiger partial charge in [-0.3, -0.25) is 9.59 Å². The second-order valence-corrected chi connectivity index (χ2v) is 7.36. The summed E-state index contributed by atoms with van der Waals surface area (Å²) in [6.07, 6.45) is 1.11. The normalized spacial score (nSPS) is 21.4. The Bertz CT molecular complexity index is 936. The average molecular weight is 445 g/mol. The van der Waals surface area contributed by atoms with E-state index in [2.05, 4.69) is 5.10 Å². The molecule has 0 saturated carbocycles. The molecule has 8 nitrogen and oxygen atoms in total. The summed E-state index contributed by atoms with van der Waals surface area (Å²) in [5, 5.41) is 15.2. The monoisotopic (exact) mass is 444 g/mol. The molecule has 2 aromatic rings. The van der Waals surface area contributed by atoms with Crippen LogP contribution in [-0.2, 0) is 11.3 Å². The SMILES string of the molecule is Cc1nn(CC(O)CN)c(=O)c2ccc(C(=O)N3C4CCC3COC4)cc12.Cl.Cl. The number of morpholine rings is 1.